The summed E-state index contributed by atoms with van der Waals surface area (Å²) in [5.74, 6) is -2.47. The minimum absolute atomic E-state index is 0.00842. The molecule has 0 aliphatic rings. The van der Waals surface area contributed by atoms with Gasteiger partial charge in [-0.3, -0.25) is 37.3 Å². The average molecular weight is 1520 g/mol. The molecule has 0 aliphatic heterocycles. The maximum Gasteiger partial charge on any atom is 0.472 e. The Balaban J connectivity index is 5.51. The topological polar surface area (TPSA) is 237 Å². The van der Waals surface area contributed by atoms with Crippen LogP contribution in [0.2, 0.25) is 0 Å². The van der Waals surface area contributed by atoms with Gasteiger partial charge in [0.1, 0.15) is 19.3 Å². The maximum absolute atomic E-state index is 13.1. The molecular weight excluding hydrogens is 1380 g/mol. The van der Waals surface area contributed by atoms with Crippen molar-refractivity contribution in [3.05, 3.63) is 194 Å². The van der Waals surface area contributed by atoms with Crippen molar-refractivity contribution in [2.24, 2.45) is 0 Å². The first kappa shape index (κ1) is 99.9. The van der Waals surface area contributed by atoms with Crippen molar-refractivity contribution in [2.75, 3.05) is 39.6 Å². The second kappa shape index (κ2) is 77.1. The Morgan fingerprint density at radius 3 is 0.934 bits per heavy atom. The molecule has 19 heteroatoms. The second-order valence-electron chi connectivity index (χ2n) is 25.5. The Morgan fingerprint density at radius 1 is 0.283 bits per heavy atom. The number of carbonyl (C=O) groups is 4. The molecule has 0 saturated heterocycles. The Morgan fingerprint density at radius 2 is 0.566 bits per heavy atom. The van der Waals surface area contributed by atoms with E-state index in [4.69, 9.17) is 37.0 Å². The average Bonchev–Trinajstić information content (AvgIpc) is 0.933. The molecule has 5 unspecified atom stereocenters. The van der Waals surface area contributed by atoms with Crippen LogP contribution in [0.15, 0.2) is 194 Å². The Hall–Kier alpha value is -6.10. The molecule has 0 rings (SSSR count). The Bertz CT molecular complexity index is 2780. The monoisotopic (exact) mass is 1520 g/mol. The number of ether oxygens (including phenoxy) is 4. The van der Waals surface area contributed by atoms with Gasteiger partial charge in [-0.15, -0.1) is 0 Å². The lowest BCUT2D eigenvalue weighted by molar-refractivity contribution is -0.161. The van der Waals surface area contributed by atoms with E-state index in [1.807, 2.05) is 30.4 Å². The number of unbranched alkanes of at least 4 members (excludes halogenated alkanes) is 15. The molecular formula is C87H138O17P2. The molecule has 0 amide bonds. The van der Waals surface area contributed by atoms with Crippen LogP contribution in [0.4, 0.5) is 0 Å². The van der Waals surface area contributed by atoms with E-state index >= 15 is 0 Å². The second-order valence-corrected chi connectivity index (χ2v) is 28.5. The molecule has 0 aliphatic carbocycles. The van der Waals surface area contributed by atoms with Gasteiger partial charge in [0.25, 0.3) is 0 Å². The zero-order chi connectivity index (χ0) is 77.4. The first-order valence-corrected chi connectivity index (χ1v) is 42.7. The lowest BCUT2D eigenvalue weighted by Gasteiger charge is -2.21. The highest BCUT2D eigenvalue weighted by Crippen LogP contribution is 2.45. The predicted molar refractivity (Wildman–Crippen MR) is 436 cm³/mol. The van der Waals surface area contributed by atoms with E-state index < -0.39 is 97.5 Å². The number of esters is 4. The van der Waals surface area contributed by atoms with Crippen molar-refractivity contribution >= 4 is 39.5 Å². The van der Waals surface area contributed by atoms with E-state index in [0.29, 0.717) is 32.1 Å². The van der Waals surface area contributed by atoms with Crippen LogP contribution in [-0.2, 0) is 65.4 Å². The molecule has 0 aromatic heterocycles. The summed E-state index contributed by atoms with van der Waals surface area (Å²) in [6.07, 6.45) is 94.6. The Kier molecular flexibility index (Phi) is 72.6. The molecule has 0 radical (unpaired) electrons. The van der Waals surface area contributed by atoms with E-state index in [2.05, 4.69) is 180 Å². The van der Waals surface area contributed by atoms with Gasteiger partial charge in [0.2, 0.25) is 0 Å². The molecule has 0 saturated carbocycles. The fourth-order valence-electron chi connectivity index (χ4n) is 9.60. The zero-order valence-corrected chi connectivity index (χ0v) is 67.1. The number of aliphatic hydroxyl groups is 1. The smallest absolute Gasteiger partial charge is 0.462 e. The molecule has 0 heterocycles. The van der Waals surface area contributed by atoms with Gasteiger partial charge in [-0.05, 0) is 154 Å². The number of phosphoric ester groups is 2. The molecule has 17 nitrogen and oxygen atoms in total. The van der Waals surface area contributed by atoms with Gasteiger partial charge in [-0.25, -0.2) is 9.13 Å². The standard InChI is InChI=1S/C87H138O17P2/c1-5-9-13-17-21-25-29-33-36-38-40-42-45-48-51-55-59-63-67-71-84(89)97-77-82(103-86(91)73-69-65-61-57-53-47-32-28-24-20-16-12-8-4)79-101-105(93,94)99-75-81(88)76-100-106(95,96)102-80-83(104-87(92)74-70-66-62-58-54-50-44-35-31-27-23-19-15-11-7-3)78-98-85(90)72-68-64-60-56-52-49-46-43-41-39-37-34-30-26-22-18-14-10-6-2/h10-11,14-16,20-23,25-28,32-37,40-44,49,52,54,58,60,64,66,70,81-83,88H,5-9,12-13,17-19,24,29-31,38-39,45-48,50-51,53,55-57,59,61-63,65,67-69,71-80H2,1-4H3,(H,93,94)(H,95,96)/b14-10-,15-11-,20-16-,25-21-,26-22-,27-23-,32-28-,36-33-,37-34-,42-40-,43-41-,44-35-,52-49-,58-54-,64-60-,70-66-. The number of carbonyl (C=O) groups excluding carboxylic acids is 4. The highest BCUT2D eigenvalue weighted by Gasteiger charge is 2.30. The first-order valence-electron chi connectivity index (χ1n) is 39.7. The number of rotatable bonds is 72. The summed E-state index contributed by atoms with van der Waals surface area (Å²) in [6, 6.07) is 0. The summed E-state index contributed by atoms with van der Waals surface area (Å²) in [4.78, 5) is 72.9. The normalized spacial score (nSPS) is 14.9. The predicted octanol–water partition coefficient (Wildman–Crippen LogP) is 23.3. The summed E-state index contributed by atoms with van der Waals surface area (Å²) in [6.45, 7) is 4.29. The summed E-state index contributed by atoms with van der Waals surface area (Å²) >= 11 is 0. The SMILES string of the molecule is CC/C=C\C/C=C\C/C=C\C/C=C\C/C=C\C/C=C\CCC(=O)OCC(COP(=O)(O)OCC(O)COP(=O)(O)OCC(COC(=O)CCCCCCCC/C=C\C/C=C\C/C=C\CCCCC)OC(=O)CCCCCCC/C=C\C/C=C\CCC)OC(=O)C/C=C\C/C=C\C/C=C\C/C=C\C/C=C\CC. The first-order chi connectivity index (χ1) is 51.7. The minimum Gasteiger partial charge on any atom is -0.462 e. The third-order valence-corrected chi connectivity index (χ3v) is 17.5. The number of hydrogen-bond acceptors (Lipinski definition) is 15. The summed E-state index contributed by atoms with van der Waals surface area (Å²) in [5.41, 5.74) is 0. The quantitative estimate of drug-likeness (QED) is 0.0169. The van der Waals surface area contributed by atoms with Gasteiger partial charge in [0.05, 0.1) is 32.8 Å². The van der Waals surface area contributed by atoms with Gasteiger partial charge in [-0.1, -0.05) is 286 Å². The summed E-state index contributed by atoms with van der Waals surface area (Å²) in [5, 5.41) is 10.6. The maximum atomic E-state index is 13.1. The van der Waals surface area contributed by atoms with Crippen LogP contribution >= 0.6 is 15.6 Å². The summed E-state index contributed by atoms with van der Waals surface area (Å²) < 4.78 is 68.3. The van der Waals surface area contributed by atoms with Crippen LogP contribution < -0.4 is 0 Å². The van der Waals surface area contributed by atoms with Crippen LogP contribution in [0.25, 0.3) is 0 Å². The van der Waals surface area contributed by atoms with E-state index in [1.54, 1.807) is 12.2 Å². The van der Waals surface area contributed by atoms with Gasteiger partial charge in [-0.2, -0.15) is 0 Å². The van der Waals surface area contributed by atoms with Crippen molar-refractivity contribution < 1.29 is 80.2 Å². The van der Waals surface area contributed by atoms with Crippen molar-refractivity contribution in [1.29, 1.82) is 0 Å². The number of allylic oxidation sites excluding steroid dienone is 31. The third kappa shape index (κ3) is 76.1. The highest BCUT2D eigenvalue weighted by atomic mass is 31.2. The van der Waals surface area contributed by atoms with E-state index in [-0.39, 0.29) is 25.7 Å². The van der Waals surface area contributed by atoms with E-state index in [9.17, 15) is 43.2 Å². The van der Waals surface area contributed by atoms with Crippen LogP contribution in [0.1, 0.15) is 272 Å². The number of phosphoric acid groups is 2. The highest BCUT2D eigenvalue weighted by molar-refractivity contribution is 7.47. The van der Waals surface area contributed by atoms with Crippen LogP contribution in [0, 0.1) is 0 Å². The Labute approximate surface area is 640 Å². The molecule has 0 fully saturated rings. The van der Waals surface area contributed by atoms with Crippen molar-refractivity contribution in [1.82, 2.24) is 0 Å². The van der Waals surface area contributed by atoms with Gasteiger partial charge in [0.15, 0.2) is 12.2 Å². The molecule has 0 aromatic rings. The lowest BCUT2D eigenvalue weighted by atomic mass is 10.1. The van der Waals surface area contributed by atoms with E-state index in [1.165, 1.54) is 19.3 Å². The van der Waals surface area contributed by atoms with Crippen molar-refractivity contribution in [3.8, 4) is 0 Å². The lowest BCUT2D eigenvalue weighted by Crippen LogP contribution is -2.30. The minimum atomic E-state index is -5.03. The van der Waals surface area contributed by atoms with E-state index in [0.717, 1.165) is 167 Å². The van der Waals surface area contributed by atoms with Crippen LogP contribution in [0.5, 0.6) is 0 Å². The molecule has 0 aromatic carbocycles. The van der Waals surface area contributed by atoms with Crippen LogP contribution in [-0.4, -0.2) is 96.7 Å². The summed E-state index contributed by atoms with van der Waals surface area (Å²) in [7, 11) is -10.0. The molecule has 5 atom stereocenters. The van der Waals surface area contributed by atoms with Gasteiger partial charge in [0, 0.05) is 19.3 Å². The van der Waals surface area contributed by atoms with Gasteiger partial charge < -0.3 is 33.8 Å². The van der Waals surface area contributed by atoms with Gasteiger partial charge >= 0.3 is 39.5 Å². The number of hydrogen-bond donors (Lipinski definition) is 3. The number of aliphatic hydroxyl groups excluding tert-OH is 1. The van der Waals surface area contributed by atoms with Crippen molar-refractivity contribution in [3.63, 3.8) is 0 Å². The van der Waals surface area contributed by atoms with Crippen LogP contribution in [0.3, 0.4) is 0 Å². The molecule has 598 valence electrons. The fraction of sp³-hybridized carbons (Fsp3) is 0.586. The molecule has 0 spiro atoms. The zero-order valence-electron chi connectivity index (χ0n) is 65.3. The third-order valence-electron chi connectivity index (χ3n) is 15.6. The van der Waals surface area contributed by atoms with Crippen molar-refractivity contribution in [2.45, 2.75) is 290 Å². The molecule has 3 N–H and O–H groups in total. The largest absolute Gasteiger partial charge is 0.472 e. The fourth-order valence-corrected chi connectivity index (χ4v) is 11.2. The molecule has 106 heavy (non-hydrogen) atoms. The molecule has 0 bridgehead atoms.